The van der Waals surface area contributed by atoms with Gasteiger partial charge in [-0.15, -0.1) is 11.3 Å². The Labute approximate surface area is 132 Å². The quantitative estimate of drug-likeness (QED) is 0.895. The lowest BCUT2D eigenvalue weighted by Crippen LogP contribution is -2.26. The molecule has 4 heteroatoms. The van der Waals surface area contributed by atoms with Crippen molar-refractivity contribution in [2.45, 2.75) is 31.6 Å². The van der Waals surface area contributed by atoms with E-state index in [1.165, 1.54) is 32.9 Å². The van der Waals surface area contributed by atoms with Crippen LogP contribution in [0.4, 0.5) is 0 Å². The number of hydrogen-bond donors (Lipinski definition) is 1. The van der Waals surface area contributed by atoms with Crippen LogP contribution < -0.4 is 5.32 Å². The zero-order valence-electron chi connectivity index (χ0n) is 11.4. The first-order chi connectivity index (χ1) is 9.83. The smallest absolute Gasteiger partial charge is 0.0972 e. The first-order valence-electron chi connectivity index (χ1n) is 7.22. The van der Waals surface area contributed by atoms with Crippen LogP contribution in [-0.2, 0) is 12.8 Å². The van der Waals surface area contributed by atoms with Crippen LogP contribution in [0, 0.1) is 0 Å². The minimum Gasteiger partial charge on any atom is -0.317 e. The molecule has 1 saturated heterocycles. The van der Waals surface area contributed by atoms with Crippen LogP contribution in [0.15, 0.2) is 34.1 Å². The van der Waals surface area contributed by atoms with E-state index >= 15 is 0 Å². The highest BCUT2D eigenvalue weighted by Gasteiger charge is 2.20. The number of aryl methyl sites for hydroxylation is 2. The summed E-state index contributed by atoms with van der Waals surface area (Å²) in [5.74, 6) is 0.656. The van der Waals surface area contributed by atoms with Crippen molar-refractivity contribution < 1.29 is 0 Å². The summed E-state index contributed by atoms with van der Waals surface area (Å²) in [5, 5.41) is 4.74. The predicted molar refractivity (Wildman–Crippen MR) is 88.5 cm³/mol. The maximum absolute atomic E-state index is 4.89. The molecule has 2 nitrogen and oxygen atoms in total. The average Bonchev–Trinajstić information content (AvgIpc) is 2.88. The van der Waals surface area contributed by atoms with E-state index in [1.54, 1.807) is 0 Å². The predicted octanol–water partition coefficient (Wildman–Crippen LogP) is 4.16. The fourth-order valence-electron chi connectivity index (χ4n) is 2.66. The summed E-state index contributed by atoms with van der Waals surface area (Å²) in [6.07, 6.45) is 4.52. The molecule has 0 unspecified atom stereocenters. The highest BCUT2D eigenvalue weighted by atomic mass is 79.9. The van der Waals surface area contributed by atoms with Gasteiger partial charge in [-0.05, 0) is 60.3 Å². The molecule has 0 saturated carbocycles. The number of halogens is 1. The first kappa shape index (κ1) is 14.2. The molecule has 1 aliphatic heterocycles. The Balaban J connectivity index is 1.66. The van der Waals surface area contributed by atoms with Crippen molar-refractivity contribution >= 4 is 27.3 Å². The second kappa shape index (κ2) is 6.83. The van der Waals surface area contributed by atoms with Crippen LogP contribution in [0.1, 0.15) is 35.0 Å². The minimum absolute atomic E-state index is 0.656. The van der Waals surface area contributed by atoms with Gasteiger partial charge in [-0.3, -0.25) is 0 Å². The molecule has 0 bridgehead atoms. The van der Waals surface area contributed by atoms with Crippen molar-refractivity contribution in [2.24, 2.45) is 0 Å². The van der Waals surface area contributed by atoms with Crippen molar-refractivity contribution in [3.63, 3.8) is 0 Å². The third-order valence-electron chi connectivity index (χ3n) is 3.85. The minimum atomic E-state index is 0.656. The van der Waals surface area contributed by atoms with Crippen LogP contribution in [0.3, 0.4) is 0 Å². The highest BCUT2D eigenvalue weighted by Crippen LogP contribution is 2.34. The Morgan fingerprint density at radius 1 is 1.15 bits per heavy atom. The topological polar surface area (TPSA) is 24.9 Å². The summed E-state index contributed by atoms with van der Waals surface area (Å²) in [4.78, 5) is 4.89. The number of thiazole rings is 1. The van der Waals surface area contributed by atoms with E-state index in [9.17, 15) is 0 Å². The second-order valence-electron chi connectivity index (χ2n) is 5.28. The molecule has 0 amide bonds. The van der Waals surface area contributed by atoms with Crippen LogP contribution in [-0.4, -0.2) is 18.1 Å². The SMILES string of the molecule is Brc1sc(C2CCNCC2)nc1CCc1ccccc1. The molecular weight excluding hydrogens is 332 g/mol. The van der Waals surface area contributed by atoms with Crippen LogP contribution >= 0.6 is 27.3 Å². The van der Waals surface area contributed by atoms with Crippen LogP contribution in [0.2, 0.25) is 0 Å². The van der Waals surface area contributed by atoms with Crippen molar-refractivity contribution in [1.29, 1.82) is 0 Å². The molecule has 0 aliphatic carbocycles. The largest absolute Gasteiger partial charge is 0.317 e. The lowest BCUT2D eigenvalue weighted by Gasteiger charge is -2.20. The fraction of sp³-hybridized carbons (Fsp3) is 0.438. The first-order valence-corrected chi connectivity index (χ1v) is 8.83. The second-order valence-corrected chi connectivity index (χ2v) is 7.63. The molecule has 0 atom stereocenters. The maximum Gasteiger partial charge on any atom is 0.0972 e. The van der Waals surface area contributed by atoms with Gasteiger partial charge in [0.05, 0.1) is 14.5 Å². The van der Waals surface area contributed by atoms with Gasteiger partial charge in [0.15, 0.2) is 0 Å². The zero-order valence-corrected chi connectivity index (χ0v) is 13.8. The molecule has 3 rings (SSSR count). The molecular formula is C16H19BrN2S. The van der Waals surface area contributed by atoms with Crippen molar-refractivity contribution in [1.82, 2.24) is 10.3 Å². The molecule has 2 aromatic rings. The number of piperidine rings is 1. The van der Waals surface area contributed by atoms with Crippen molar-refractivity contribution in [3.8, 4) is 0 Å². The molecule has 0 spiro atoms. The number of hydrogen-bond acceptors (Lipinski definition) is 3. The summed E-state index contributed by atoms with van der Waals surface area (Å²) >= 11 is 5.53. The molecule has 1 aromatic carbocycles. The summed E-state index contributed by atoms with van der Waals surface area (Å²) < 4.78 is 1.22. The monoisotopic (exact) mass is 350 g/mol. The van der Waals surface area contributed by atoms with Gasteiger partial charge in [-0.2, -0.15) is 0 Å². The summed E-state index contributed by atoms with van der Waals surface area (Å²) in [6, 6.07) is 10.7. The third-order valence-corrected chi connectivity index (χ3v) is 5.84. The normalized spacial score (nSPS) is 16.4. The Bertz CT molecular complexity index is 547. The number of nitrogens with one attached hydrogen (secondary N) is 1. The molecule has 1 N–H and O–H groups in total. The van der Waals surface area contributed by atoms with E-state index in [0.717, 1.165) is 25.9 Å². The molecule has 20 heavy (non-hydrogen) atoms. The number of benzene rings is 1. The van der Waals surface area contributed by atoms with Gasteiger partial charge in [0.2, 0.25) is 0 Å². The summed E-state index contributed by atoms with van der Waals surface area (Å²) in [6.45, 7) is 2.25. The van der Waals surface area contributed by atoms with E-state index in [4.69, 9.17) is 4.98 Å². The fourth-order valence-corrected chi connectivity index (χ4v) is 4.45. The van der Waals surface area contributed by atoms with Gasteiger partial charge in [-0.1, -0.05) is 30.3 Å². The molecule has 1 aliphatic rings. The highest BCUT2D eigenvalue weighted by molar-refractivity contribution is 9.11. The Kier molecular flexibility index (Phi) is 4.86. The van der Waals surface area contributed by atoms with Gasteiger partial charge < -0.3 is 5.32 Å². The number of aromatic nitrogens is 1. The van der Waals surface area contributed by atoms with Gasteiger partial charge in [0.1, 0.15) is 0 Å². The maximum atomic E-state index is 4.89. The van der Waals surface area contributed by atoms with Crippen LogP contribution in [0.5, 0.6) is 0 Å². The third kappa shape index (κ3) is 3.48. The molecule has 1 fully saturated rings. The van der Waals surface area contributed by atoms with Crippen LogP contribution in [0.25, 0.3) is 0 Å². The number of rotatable bonds is 4. The Hall–Kier alpha value is -0.710. The molecule has 1 aromatic heterocycles. The van der Waals surface area contributed by atoms with E-state index in [-0.39, 0.29) is 0 Å². The average molecular weight is 351 g/mol. The molecule has 106 valence electrons. The van der Waals surface area contributed by atoms with Crippen molar-refractivity contribution in [3.05, 3.63) is 50.4 Å². The zero-order chi connectivity index (χ0) is 13.8. The van der Waals surface area contributed by atoms with Gasteiger partial charge in [0.25, 0.3) is 0 Å². The molecule has 0 radical (unpaired) electrons. The number of nitrogens with zero attached hydrogens (tertiary/aromatic N) is 1. The van der Waals surface area contributed by atoms with E-state index < -0.39 is 0 Å². The molecule has 2 heterocycles. The standard InChI is InChI=1S/C16H19BrN2S/c17-15-14(7-6-12-4-2-1-3-5-12)19-16(20-15)13-8-10-18-11-9-13/h1-5,13,18H,6-11H2. The lowest BCUT2D eigenvalue weighted by molar-refractivity contribution is 0.458. The Morgan fingerprint density at radius 3 is 2.65 bits per heavy atom. The van der Waals surface area contributed by atoms with E-state index in [0.29, 0.717) is 5.92 Å². The summed E-state index contributed by atoms with van der Waals surface area (Å²) in [5.41, 5.74) is 2.61. The van der Waals surface area contributed by atoms with Gasteiger partial charge in [-0.25, -0.2) is 4.98 Å². The Morgan fingerprint density at radius 2 is 1.90 bits per heavy atom. The van der Waals surface area contributed by atoms with Gasteiger partial charge >= 0.3 is 0 Å². The van der Waals surface area contributed by atoms with E-state index in [2.05, 4.69) is 51.6 Å². The van der Waals surface area contributed by atoms with E-state index in [1.807, 2.05) is 11.3 Å². The van der Waals surface area contributed by atoms with Crippen molar-refractivity contribution in [2.75, 3.05) is 13.1 Å². The summed E-state index contributed by atoms with van der Waals surface area (Å²) in [7, 11) is 0. The van der Waals surface area contributed by atoms with Gasteiger partial charge in [0, 0.05) is 5.92 Å². The lowest BCUT2D eigenvalue weighted by atomic mass is 9.99.